The van der Waals surface area contributed by atoms with Gasteiger partial charge in [-0.3, -0.25) is 0 Å². The molecule has 166 valence electrons. The van der Waals surface area contributed by atoms with E-state index in [9.17, 15) is 5.11 Å². The molecule has 0 radical (unpaired) electrons. The van der Waals surface area contributed by atoms with Crippen LogP contribution in [0, 0.1) is 6.92 Å². The highest BCUT2D eigenvalue weighted by molar-refractivity contribution is 14.0. The van der Waals surface area contributed by atoms with Crippen LogP contribution in [0.5, 0.6) is 0 Å². The maximum atomic E-state index is 10.7. The number of hydrogen-bond donors (Lipinski definition) is 3. The van der Waals surface area contributed by atoms with Crippen molar-refractivity contribution in [3.63, 3.8) is 0 Å². The molecular formula is C23H34IN3O3. The summed E-state index contributed by atoms with van der Waals surface area (Å²) in [6.07, 6.45) is 3.50. The standard InChI is InChI=1S/C23H33N3O3.HI/c1-4-24-21(25-16-22(3,27)20-10-7-13-29-20)26-17-23(11-14-28-15-12-23)19-9-6-5-8-18(19)2;/h5-10,13,27H,4,11-12,14-17H2,1-3H3,(H2,24,25,26);1H. The van der Waals surface area contributed by atoms with Crippen LogP contribution in [-0.2, 0) is 15.8 Å². The van der Waals surface area contributed by atoms with Crippen LogP contribution < -0.4 is 10.6 Å². The summed E-state index contributed by atoms with van der Waals surface area (Å²) < 4.78 is 11.0. The second-order valence-corrected chi connectivity index (χ2v) is 8.01. The third kappa shape index (κ3) is 5.98. The third-order valence-corrected chi connectivity index (χ3v) is 5.70. The lowest BCUT2D eigenvalue weighted by molar-refractivity contribution is 0.0435. The number of ether oxygens (including phenoxy) is 1. The first-order valence-corrected chi connectivity index (χ1v) is 10.4. The Bertz CT molecular complexity index is 800. The normalized spacial score (nSPS) is 18.2. The molecule has 2 aromatic rings. The molecular weight excluding hydrogens is 493 g/mol. The molecule has 1 aliphatic rings. The van der Waals surface area contributed by atoms with Gasteiger partial charge < -0.3 is 24.9 Å². The van der Waals surface area contributed by atoms with Gasteiger partial charge in [0.15, 0.2) is 5.96 Å². The van der Waals surface area contributed by atoms with Gasteiger partial charge in [-0.2, -0.15) is 0 Å². The summed E-state index contributed by atoms with van der Waals surface area (Å²) in [5, 5.41) is 17.5. The molecule has 1 atom stereocenters. The Balaban J connectivity index is 0.00000320. The number of aliphatic imine (C=N–C) groups is 1. The molecule has 0 bridgehead atoms. The van der Waals surface area contributed by atoms with Crippen LogP contribution in [0.25, 0.3) is 0 Å². The topological polar surface area (TPSA) is 79.0 Å². The second kappa shape index (κ2) is 11.2. The van der Waals surface area contributed by atoms with Crippen LogP contribution in [0.3, 0.4) is 0 Å². The van der Waals surface area contributed by atoms with E-state index in [1.54, 1.807) is 25.3 Å². The molecule has 1 aromatic carbocycles. The second-order valence-electron chi connectivity index (χ2n) is 8.01. The van der Waals surface area contributed by atoms with Crippen molar-refractivity contribution in [1.29, 1.82) is 0 Å². The quantitative estimate of drug-likeness (QED) is 0.291. The summed E-state index contributed by atoms with van der Waals surface area (Å²) in [5.41, 5.74) is 1.52. The molecule has 3 rings (SSSR count). The average Bonchev–Trinajstić information content (AvgIpc) is 3.27. The first kappa shape index (κ1) is 24.7. The first-order chi connectivity index (χ1) is 14.0. The fourth-order valence-electron chi connectivity index (χ4n) is 3.96. The highest BCUT2D eigenvalue weighted by atomic mass is 127. The third-order valence-electron chi connectivity index (χ3n) is 5.70. The maximum Gasteiger partial charge on any atom is 0.191 e. The molecule has 1 saturated heterocycles. The molecule has 0 spiro atoms. The summed E-state index contributed by atoms with van der Waals surface area (Å²) >= 11 is 0. The van der Waals surface area contributed by atoms with E-state index in [1.165, 1.54) is 11.1 Å². The molecule has 3 N–H and O–H groups in total. The van der Waals surface area contributed by atoms with Gasteiger partial charge in [0.05, 0.1) is 12.8 Å². The molecule has 2 heterocycles. The number of aryl methyl sites for hydroxylation is 1. The molecule has 30 heavy (non-hydrogen) atoms. The van der Waals surface area contributed by atoms with Crippen molar-refractivity contribution in [3.8, 4) is 0 Å². The van der Waals surface area contributed by atoms with Crippen molar-refractivity contribution in [2.24, 2.45) is 4.99 Å². The van der Waals surface area contributed by atoms with Crippen molar-refractivity contribution in [1.82, 2.24) is 10.6 Å². The summed E-state index contributed by atoms with van der Waals surface area (Å²) in [5.74, 6) is 1.21. The average molecular weight is 527 g/mol. The van der Waals surface area contributed by atoms with Gasteiger partial charge in [0.2, 0.25) is 0 Å². The lowest BCUT2D eigenvalue weighted by atomic mass is 9.72. The van der Waals surface area contributed by atoms with E-state index in [1.807, 2.05) is 6.92 Å². The van der Waals surface area contributed by atoms with Gasteiger partial charge >= 0.3 is 0 Å². The highest BCUT2D eigenvalue weighted by Crippen LogP contribution is 2.36. The first-order valence-electron chi connectivity index (χ1n) is 10.4. The van der Waals surface area contributed by atoms with Crippen LogP contribution in [0.2, 0.25) is 0 Å². The van der Waals surface area contributed by atoms with Crippen LogP contribution in [0.1, 0.15) is 43.6 Å². The summed E-state index contributed by atoms with van der Waals surface area (Å²) in [6, 6.07) is 12.1. The molecule has 0 saturated carbocycles. The van der Waals surface area contributed by atoms with Crippen molar-refractivity contribution >= 4 is 29.9 Å². The summed E-state index contributed by atoms with van der Waals surface area (Å²) in [4.78, 5) is 4.63. The number of benzene rings is 1. The van der Waals surface area contributed by atoms with E-state index in [0.717, 1.165) is 39.1 Å². The van der Waals surface area contributed by atoms with Gasteiger partial charge in [-0.15, -0.1) is 24.0 Å². The fourth-order valence-corrected chi connectivity index (χ4v) is 3.96. The smallest absolute Gasteiger partial charge is 0.191 e. The largest absolute Gasteiger partial charge is 0.466 e. The molecule has 1 fully saturated rings. The Morgan fingerprint density at radius 3 is 2.53 bits per heavy atom. The van der Waals surface area contributed by atoms with Gasteiger partial charge in [-0.05, 0) is 56.9 Å². The SMILES string of the molecule is CCNC(=NCC(C)(O)c1ccco1)NCC1(c2ccccc2C)CCOCC1.I. The predicted molar refractivity (Wildman–Crippen MR) is 131 cm³/mol. The van der Waals surface area contributed by atoms with Gasteiger partial charge in [-0.25, -0.2) is 4.99 Å². The van der Waals surface area contributed by atoms with E-state index < -0.39 is 5.60 Å². The Morgan fingerprint density at radius 1 is 1.17 bits per heavy atom. The molecule has 0 aliphatic carbocycles. The highest BCUT2D eigenvalue weighted by Gasteiger charge is 2.35. The van der Waals surface area contributed by atoms with Crippen LogP contribution in [0.4, 0.5) is 0 Å². The van der Waals surface area contributed by atoms with Crippen LogP contribution >= 0.6 is 24.0 Å². The number of aliphatic hydroxyl groups is 1. The van der Waals surface area contributed by atoms with Gasteiger partial charge in [0.1, 0.15) is 11.4 Å². The van der Waals surface area contributed by atoms with Gasteiger partial charge in [-0.1, -0.05) is 24.3 Å². The van der Waals surface area contributed by atoms with Crippen molar-refractivity contribution in [2.45, 2.75) is 44.6 Å². The lowest BCUT2D eigenvalue weighted by Crippen LogP contribution is -2.48. The number of furan rings is 1. The van der Waals surface area contributed by atoms with Crippen molar-refractivity contribution in [2.75, 3.05) is 32.8 Å². The molecule has 6 nitrogen and oxygen atoms in total. The van der Waals surface area contributed by atoms with E-state index in [4.69, 9.17) is 9.15 Å². The van der Waals surface area contributed by atoms with Crippen molar-refractivity contribution in [3.05, 3.63) is 59.5 Å². The minimum Gasteiger partial charge on any atom is -0.466 e. The number of halogens is 1. The Kier molecular flexibility index (Phi) is 9.18. The van der Waals surface area contributed by atoms with E-state index >= 15 is 0 Å². The van der Waals surface area contributed by atoms with Gasteiger partial charge in [0, 0.05) is 31.7 Å². The minimum absolute atomic E-state index is 0. The van der Waals surface area contributed by atoms with Crippen molar-refractivity contribution < 1.29 is 14.3 Å². The number of guanidine groups is 1. The zero-order valence-corrected chi connectivity index (χ0v) is 20.4. The number of hydrogen-bond acceptors (Lipinski definition) is 4. The molecule has 1 aromatic heterocycles. The minimum atomic E-state index is -1.15. The zero-order valence-electron chi connectivity index (χ0n) is 18.1. The molecule has 0 amide bonds. The molecule has 1 unspecified atom stereocenters. The predicted octanol–water partition coefficient (Wildman–Crippen LogP) is 3.72. The fraction of sp³-hybridized carbons (Fsp3) is 0.522. The Morgan fingerprint density at radius 2 is 1.90 bits per heavy atom. The Hall–Kier alpha value is -1.58. The van der Waals surface area contributed by atoms with E-state index in [-0.39, 0.29) is 35.9 Å². The Labute approximate surface area is 196 Å². The summed E-state index contributed by atoms with van der Waals surface area (Å²) in [6.45, 7) is 9.15. The van der Waals surface area contributed by atoms with E-state index in [0.29, 0.717) is 11.7 Å². The maximum absolute atomic E-state index is 10.7. The molecule has 7 heteroatoms. The van der Waals surface area contributed by atoms with Crippen LogP contribution in [-0.4, -0.2) is 43.9 Å². The number of nitrogens with zero attached hydrogens (tertiary/aromatic N) is 1. The summed E-state index contributed by atoms with van der Waals surface area (Å²) in [7, 11) is 0. The number of rotatable bonds is 7. The number of nitrogens with one attached hydrogen (secondary N) is 2. The van der Waals surface area contributed by atoms with Gasteiger partial charge in [0.25, 0.3) is 0 Å². The zero-order chi connectivity index (χ0) is 20.7. The lowest BCUT2D eigenvalue weighted by Gasteiger charge is -2.39. The van der Waals surface area contributed by atoms with Crippen LogP contribution in [0.15, 0.2) is 52.1 Å². The monoisotopic (exact) mass is 527 g/mol. The molecule has 1 aliphatic heterocycles. The van der Waals surface area contributed by atoms with E-state index in [2.05, 4.69) is 46.8 Å².